The van der Waals surface area contributed by atoms with E-state index in [1.165, 1.54) is 11.8 Å². The van der Waals surface area contributed by atoms with Crippen molar-refractivity contribution in [2.75, 3.05) is 20.1 Å². The molecule has 110 valence electrons. The number of likely N-dealkylation sites (tertiary alicyclic amines) is 1. The van der Waals surface area contributed by atoms with Crippen molar-refractivity contribution in [3.63, 3.8) is 0 Å². The molecule has 2 heterocycles. The normalized spacial score (nSPS) is 25.2. The molecule has 2 N–H and O–H groups in total. The van der Waals surface area contributed by atoms with Gasteiger partial charge in [-0.3, -0.25) is 9.69 Å². The van der Waals surface area contributed by atoms with Gasteiger partial charge in [-0.15, -0.1) is 0 Å². The molecule has 0 aliphatic carbocycles. The van der Waals surface area contributed by atoms with Gasteiger partial charge in [0.05, 0.1) is 0 Å². The van der Waals surface area contributed by atoms with Crippen molar-refractivity contribution in [2.24, 2.45) is 10.7 Å². The lowest BCUT2D eigenvalue weighted by Gasteiger charge is -2.34. The third-order valence-electron chi connectivity index (χ3n) is 3.83. The molecule has 0 aromatic carbocycles. The first-order chi connectivity index (χ1) is 9.40. The minimum atomic E-state index is -0.0656. The van der Waals surface area contributed by atoms with Gasteiger partial charge >= 0.3 is 0 Å². The Morgan fingerprint density at radius 3 is 2.85 bits per heavy atom. The van der Waals surface area contributed by atoms with E-state index in [0.29, 0.717) is 11.0 Å². The van der Waals surface area contributed by atoms with Crippen molar-refractivity contribution in [3.05, 3.63) is 22.5 Å². The van der Waals surface area contributed by atoms with E-state index >= 15 is 0 Å². The Balaban J connectivity index is 2.30. The van der Waals surface area contributed by atoms with Crippen molar-refractivity contribution >= 4 is 23.3 Å². The largest absolute Gasteiger partial charge is 0.373 e. The molecule has 2 aliphatic heterocycles. The van der Waals surface area contributed by atoms with Crippen molar-refractivity contribution in [1.82, 2.24) is 9.80 Å². The quantitative estimate of drug-likeness (QED) is 0.749. The maximum atomic E-state index is 11.6. The number of amidine groups is 1. The highest BCUT2D eigenvalue weighted by molar-refractivity contribution is 6.32. The summed E-state index contributed by atoms with van der Waals surface area (Å²) in [6.45, 7) is 5.35. The standard InChI is InChI=1S/C14H21ClN4O/c1-9(19-6-4-5-11(16)8-19)12-7-13(15)17-14(12)18(3)10(2)20/h7,11H,4-6,8,16H2,1-3H3/b12-9+. The number of carbonyl (C=O) groups excluding carboxylic acids is 1. The fraction of sp³-hybridized carbons (Fsp3) is 0.571. The average molecular weight is 297 g/mol. The Morgan fingerprint density at radius 2 is 2.25 bits per heavy atom. The molecule has 1 amide bonds. The Kier molecular flexibility index (Phi) is 4.50. The number of rotatable bonds is 1. The van der Waals surface area contributed by atoms with Gasteiger partial charge in [0.15, 0.2) is 0 Å². The number of likely N-dealkylation sites (N-methyl/N-ethyl adjacent to an activating group) is 1. The van der Waals surface area contributed by atoms with Crippen LogP contribution in [0, 0.1) is 0 Å². The molecule has 0 bridgehead atoms. The van der Waals surface area contributed by atoms with Crippen LogP contribution in [0.15, 0.2) is 27.5 Å². The van der Waals surface area contributed by atoms with Crippen LogP contribution in [0.25, 0.3) is 0 Å². The second kappa shape index (κ2) is 5.97. The molecular weight excluding hydrogens is 276 g/mol. The van der Waals surface area contributed by atoms with Crippen LogP contribution in [-0.4, -0.2) is 47.7 Å². The van der Waals surface area contributed by atoms with Gasteiger partial charge in [-0.2, -0.15) is 0 Å². The third-order valence-corrected chi connectivity index (χ3v) is 4.02. The smallest absolute Gasteiger partial charge is 0.224 e. The molecule has 20 heavy (non-hydrogen) atoms. The fourth-order valence-corrected chi connectivity index (χ4v) is 2.72. The van der Waals surface area contributed by atoms with E-state index in [9.17, 15) is 4.79 Å². The van der Waals surface area contributed by atoms with Crippen molar-refractivity contribution in [2.45, 2.75) is 32.7 Å². The minimum absolute atomic E-state index is 0.0656. The molecule has 0 spiro atoms. The molecule has 1 unspecified atom stereocenters. The summed E-state index contributed by atoms with van der Waals surface area (Å²) in [6, 6.07) is 0.200. The topological polar surface area (TPSA) is 61.9 Å². The van der Waals surface area contributed by atoms with Crippen LogP contribution in [-0.2, 0) is 4.79 Å². The summed E-state index contributed by atoms with van der Waals surface area (Å²) in [6.07, 6.45) is 3.95. The van der Waals surface area contributed by atoms with Crippen molar-refractivity contribution < 1.29 is 4.79 Å². The summed E-state index contributed by atoms with van der Waals surface area (Å²) in [4.78, 5) is 19.6. The third kappa shape index (κ3) is 3.04. The Bertz CT molecular complexity index is 509. The fourth-order valence-electron chi connectivity index (χ4n) is 2.53. The number of nitrogens with zero attached hydrogens (tertiary/aromatic N) is 3. The number of hydrogen-bond donors (Lipinski definition) is 1. The average Bonchev–Trinajstić information content (AvgIpc) is 2.78. The molecular formula is C14H21ClN4O. The minimum Gasteiger partial charge on any atom is -0.373 e. The summed E-state index contributed by atoms with van der Waals surface area (Å²) in [7, 11) is 1.71. The highest BCUT2D eigenvalue weighted by Crippen LogP contribution is 2.26. The zero-order valence-electron chi connectivity index (χ0n) is 12.2. The second-order valence-corrected chi connectivity index (χ2v) is 5.72. The number of carbonyl (C=O) groups is 1. The second-order valence-electron chi connectivity index (χ2n) is 5.33. The maximum absolute atomic E-state index is 11.6. The van der Waals surface area contributed by atoms with E-state index < -0.39 is 0 Å². The lowest BCUT2D eigenvalue weighted by molar-refractivity contribution is -0.124. The van der Waals surface area contributed by atoms with E-state index in [1.54, 1.807) is 7.05 Å². The molecule has 0 radical (unpaired) electrons. The molecule has 1 atom stereocenters. The molecule has 6 heteroatoms. The van der Waals surface area contributed by atoms with Gasteiger partial charge in [-0.1, -0.05) is 11.6 Å². The van der Waals surface area contributed by atoms with Gasteiger partial charge in [0, 0.05) is 44.4 Å². The predicted octanol–water partition coefficient (Wildman–Crippen LogP) is 1.65. The molecule has 1 saturated heterocycles. The van der Waals surface area contributed by atoms with E-state index in [-0.39, 0.29) is 11.9 Å². The first-order valence-electron chi connectivity index (χ1n) is 6.82. The van der Waals surface area contributed by atoms with E-state index in [0.717, 1.165) is 37.2 Å². The predicted molar refractivity (Wildman–Crippen MR) is 81.3 cm³/mol. The van der Waals surface area contributed by atoms with Gasteiger partial charge < -0.3 is 10.6 Å². The molecule has 2 rings (SSSR count). The molecule has 0 saturated carbocycles. The lowest BCUT2D eigenvalue weighted by atomic mass is 10.0. The highest BCUT2D eigenvalue weighted by atomic mass is 35.5. The van der Waals surface area contributed by atoms with Crippen LogP contribution < -0.4 is 5.73 Å². The Morgan fingerprint density at radius 1 is 1.55 bits per heavy atom. The number of aliphatic imine (C=N–C) groups is 1. The van der Waals surface area contributed by atoms with E-state index in [2.05, 4.69) is 9.89 Å². The number of amides is 1. The number of hydrogen-bond acceptors (Lipinski definition) is 4. The summed E-state index contributed by atoms with van der Waals surface area (Å²) in [5.74, 6) is 0.545. The van der Waals surface area contributed by atoms with E-state index in [1.807, 2.05) is 13.0 Å². The number of halogens is 1. The van der Waals surface area contributed by atoms with Crippen molar-refractivity contribution in [1.29, 1.82) is 0 Å². The first kappa shape index (κ1) is 15.1. The first-order valence-corrected chi connectivity index (χ1v) is 7.20. The number of allylic oxidation sites excluding steroid dienone is 1. The molecule has 0 aromatic heterocycles. The van der Waals surface area contributed by atoms with Gasteiger partial charge in [0.1, 0.15) is 11.0 Å². The van der Waals surface area contributed by atoms with E-state index in [4.69, 9.17) is 17.3 Å². The lowest BCUT2D eigenvalue weighted by Crippen LogP contribution is -2.42. The highest BCUT2D eigenvalue weighted by Gasteiger charge is 2.25. The van der Waals surface area contributed by atoms with Gasteiger partial charge in [-0.05, 0) is 25.8 Å². The number of piperidine rings is 1. The maximum Gasteiger partial charge on any atom is 0.224 e. The van der Waals surface area contributed by atoms with Crippen LogP contribution in [0.5, 0.6) is 0 Å². The molecule has 2 aliphatic rings. The zero-order chi connectivity index (χ0) is 14.9. The monoisotopic (exact) mass is 296 g/mol. The molecule has 1 fully saturated rings. The van der Waals surface area contributed by atoms with Gasteiger partial charge in [-0.25, -0.2) is 4.99 Å². The summed E-state index contributed by atoms with van der Waals surface area (Å²) >= 11 is 6.02. The molecule has 0 aromatic rings. The van der Waals surface area contributed by atoms with Crippen LogP contribution in [0.4, 0.5) is 0 Å². The van der Waals surface area contributed by atoms with Gasteiger partial charge in [0.2, 0.25) is 5.91 Å². The van der Waals surface area contributed by atoms with Crippen molar-refractivity contribution in [3.8, 4) is 0 Å². The van der Waals surface area contributed by atoms with Crippen LogP contribution in [0.2, 0.25) is 0 Å². The van der Waals surface area contributed by atoms with Crippen LogP contribution >= 0.6 is 11.6 Å². The number of nitrogens with two attached hydrogens (primary N) is 1. The van der Waals surface area contributed by atoms with Crippen LogP contribution in [0.1, 0.15) is 26.7 Å². The zero-order valence-corrected chi connectivity index (χ0v) is 12.9. The Hall–Kier alpha value is -1.33. The van der Waals surface area contributed by atoms with Gasteiger partial charge in [0.25, 0.3) is 0 Å². The summed E-state index contributed by atoms with van der Waals surface area (Å²) < 4.78 is 0. The summed E-state index contributed by atoms with van der Waals surface area (Å²) in [5, 5.41) is 0.406. The Labute approximate surface area is 124 Å². The summed E-state index contributed by atoms with van der Waals surface area (Å²) in [5.41, 5.74) is 8.01. The SMILES string of the molecule is CC(=O)N(C)C1=NC(Cl)=C/C1=C(/C)N1CCCC(N)C1. The molecule has 5 nitrogen and oxygen atoms in total. The van der Waals surface area contributed by atoms with Crippen LogP contribution in [0.3, 0.4) is 0 Å².